The number of nitrogens with zero attached hydrogens (tertiary/aromatic N) is 1. The Kier molecular flexibility index (Phi) is 7.18. The van der Waals surface area contributed by atoms with Crippen molar-refractivity contribution in [1.82, 2.24) is 10.2 Å². The van der Waals surface area contributed by atoms with Crippen LogP contribution in [0.5, 0.6) is 0 Å². The molecule has 0 aliphatic rings. The van der Waals surface area contributed by atoms with Crippen molar-refractivity contribution in [2.24, 2.45) is 0 Å². The smallest absolute Gasteiger partial charge is 0.326 e. The quantitative estimate of drug-likeness (QED) is 0.550. The summed E-state index contributed by atoms with van der Waals surface area (Å²) in [5.74, 6) is -2.66. The molecule has 0 saturated heterocycles. The molecule has 7 heteroatoms. The van der Waals surface area contributed by atoms with Crippen molar-refractivity contribution in [3.8, 4) is 0 Å². The van der Waals surface area contributed by atoms with E-state index in [4.69, 9.17) is 10.2 Å². The molecule has 0 aromatic carbocycles. The molecule has 0 aromatic rings. The van der Waals surface area contributed by atoms with E-state index in [-0.39, 0.29) is 6.54 Å². The standard InChI is InChI=1S/C11H18N2O5/c1-3-5-13(6-4-2)11(18)12-8(10(16)17)7-9(14)15/h3,8H,1,4-7H2,2H3,(H,12,18)(H,14,15)(H,16,17)/t8-/m0/s1. The van der Waals surface area contributed by atoms with E-state index >= 15 is 0 Å². The maximum atomic E-state index is 11.7. The summed E-state index contributed by atoms with van der Waals surface area (Å²) in [5, 5.41) is 19.5. The lowest BCUT2D eigenvalue weighted by molar-refractivity contribution is -0.145. The number of hydrogen-bond donors (Lipinski definition) is 3. The van der Waals surface area contributed by atoms with E-state index < -0.39 is 30.4 Å². The van der Waals surface area contributed by atoms with E-state index in [0.29, 0.717) is 13.0 Å². The van der Waals surface area contributed by atoms with Crippen molar-refractivity contribution in [2.45, 2.75) is 25.8 Å². The van der Waals surface area contributed by atoms with E-state index in [1.54, 1.807) is 0 Å². The van der Waals surface area contributed by atoms with Gasteiger partial charge in [0.25, 0.3) is 0 Å². The van der Waals surface area contributed by atoms with Gasteiger partial charge < -0.3 is 20.4 Å². The molecule has 0 aliphatic carbocycles. The average Bonchev–Trinajstić information content (AvgIpc) is 2.27. The van der Waals surface area contributed by atoms with Gasteiger partial charge in [0.05, 0.1) is 6.42 Å². The Balaban J connectivity index is 4.58. The molecule has 0 aromatic heterocycles. The number of carboxylic acid groups (broad SMARTS) is 2. The van der Waals surface area contributed by atoms with Gasteiger partial charge in [-0.2, -0.15) is 0 Å². The molecule has 0 fully saturated rings. The van der Waals surface area contributed by atoms with Gasteiger partial charge in [-0.25, -0.2) is 9.59 Å². The van der Waals surface area contributed by atoms with Crippen molar-refractivity contribution in [3.05, 3.63) is 12.7 Å². The fraction of sp³-hybridized carbons (Fsp3) is 0.545. The number of aliphatic carboxylic acids is 2. The molecule has 0 rings (SSSR count). The van der Waals surface area contributed by atoms with Crippen LogP contribution in [0, 0.1) is 0 Å². The summed E-state index contributed by atoms with van der Waals surface area (Å²) in [7, 11) is 0. The molecule has 1 atom stereocenters. The molecule has 0 spiro atoms. The third-order valence-electron chi connectivity index (χ3n) is 2.10. The Hall–Kier alpha value is -2.05. The number of nitrogens with one attached hydrogen (secondary N) is 1. The Labute approximate surface area is 105 Å². The van der Waals surface area contributed by atoms with Gasteiger partial charge in [0.15, 0.2) is 0 Å². The largest absolute Gasteiger partial charge is 0.481 e. The summed E-state index contributed by atoms with van der Waals surface area (Å²) >= 11 is 0. The zero-order valence-electron chi connectivity index (χ0n) is 10.3. The molecule has 7 nitrogen and oxygen atoms in total. The number of hydrogen-bond acceptors (Lipinski definition) is 3. The number of carboxylic acids is 2. The van der Waals surface area contributed by atoms with Gasteiger partial charge in [0.2, 0.25) is 0 Å². The van der Waals surface area contributed by atoms with Gasteiger partial charge in [-0.15, -0.1) is 6.58 Å². The highest BCUT2D eigenvalue weighted by atomic mass is 16.4. The summed E-state index contributed by atoms with van der Waals surface area (Å²) in [6, 6.07) is -2.04. The van der Waals surface area contributed by atoms with Crippen LogP contribution in [0.3, 0.4) is 0 Å². The van der Waals surface area contributed by atoms with Crippen molar-refractivity contribution in [2.75, 3.05) is 13.1 Å². The number of amides is 2. The summed E-state index contributed by atoms with van der Waals surface area (Å²) in [4.78, 5) is 34.4. The number of carbonyl (C=O) groups is 3. The van der Waals surface area contributed by atoms with Crippen LogP contribution in [-0.4, -0.2) is 52.2 Å². The molecule has 102 valence electrons. The lowest BCUT2D eigenvalue weighted by Gasteiger charge is -2.23. The Morgan fingerprint density at radius 3 is 2.39 bits per heavy atom. The first-order chi connectivity index (χ1) is 8.42. The SMILES string of the molecule is C=CCN(CCC)C(=O)N[C@@H](CC(=O)O)C(=O)O. The van der Waals surface area contributed by atoms with Crippen LogP contribution in [0.2, 0.25) is 0 Å². The van der Waals surface area contributed by atoms with Crippen LogP contribution >= 0.6 is 0 Å². The van der Waals surface area contributed by atoms with Crippen LogP contribution in [-0.2, 0) is 9.59 Å². The van der Waals surface area contributed by atoms with Gasteiger partial charge in [-0.05, 0) is 6.42 Å². The van der Waals surface area contributed by atoms with Gasteiger partial charge in [0.1, 0.15) is 6.04 Å². The molecule has 0 bridgehead atoms. The lowest BCUT2D eigenvalue weighted by Crippen LogP contribution is -2.49. The first kappa shape index (κ1) is 16.0. The molecular formula is C11H18N2O5. The average molecular weight is 258 g/mol. The normalized spacial score (nSPS) is 11.4. The molecule has 0 unspecified atom stereocenters. The third kappa shape index (κ3) is 5.88. The summed E-state index contributed by atoms with van der Waals surface area (Å²) in [6.45, 7) is 6.08. The highest BCUT2D eigenvalue weighted by Crippen LogP contribution is 1.98. The predicted molar refractivity (Wildman–Crippen MR) is 64.3 cm³/mol. The van der Waals surface area contributed by atoms with Gasteiger partial charge in [0, 0.05) is 13.1 Å². The molecule has 0 heterocycles. The van der Waals surface area contributed by atoms with Gasteiger partial charge in [-0.1, -0.05) is 13.0 Å². The molecular weight excluding hydrogens is 240 g/mol. The first-order valence-corrected chi connectivity index (χ1v) is 5.53. The van der Waals surface area contributed by atoms with Crippen molar-refractivity contribution in [1.29, 1.82) is 0 Å². The minimum atomic E-state index is -1.43. The van der Waals surface area contributed by atoms with Gasteiger partial charge >= 0.3 is 18.0 Å². The first-order valence-electron chi connectivity index (χ1n) is 5.53. The Morgan fingerprint density at radius 2 is 2.00 bits per heavy atom. The fourth-order valence-corrected chi connectivity index (χ4v) is 1.32. The van der Waals surface area contributed by atoms with Crippen LogP contribution in [0.25, 0.3) is 0 Å². The zero-order chi connectivity index (χ0) is 14.1. The van der Waals surface area contributed by atoms with Crippen LogP contribution < -0.4 is 5.32 Å². The van der Waals surface area contributed by atoms with Crippen molar-refractivity contribution in [3.63, 3.8) is 0 Å². The highest BCUT2D eigenvalue weighted by molar-refractivity contribution is 5.86. The topological polar surface area (TPSA) is 107 Å². The summed E-state index contributed by atoms with van der Waals surface area (Å²) in [6.07, 6.45) is 1.56. The fourth-order valence-electron chi connectivity index (χ4n) is 1.32. The second kappa shape index (κ2) is 8.10. The van der Waals surface area contributed by atoms with Crippen LogP contribution in [0.15, 0.2) is 12.7 Å². The highest BCUT2D eigenvalue weighted by Gasteiger charge is 2.24. The Morgan fingerprint density at radius 1 is 1.39 bits per heavy atom. The minimum Gasteiger partial charge on any atom is -0.481 e. The lowest BCUT2D eigenvalue weighted by atomic mass is 10.2. The van der Waals surface area contributed by atoms with Crippen LogP contribution in [0.1, 0.15) is 19.8 Å². The van der Waals surface area contributed by atoms with E-state index in [1.807, 2.05) is 6.92 Å². The zero-order valence-corrected chi connectivity index (χ0v) is 10.3. The second-order valence-electron chi connectivity index (χ2n) is 3.67. The number of urea groups is 1. The third-order valence-corrected chi connectivity index (χ3v) is 2.10. The van der Waals surface area contributed by atoms with Crippen LogP contribution in [0.4, 0.5) is 4.79 Å². The molecule has 2 amide bonds. The van der Waals surface area contributed by atoms with E-state index in [0.717, 1.165) is 0 Å². The number of carbonyl (C=O) groups excluding carboxylic acids is 1. The minimum absolute atomic E-state index is 0.277. The summed E-state index contributed by atoms with van der Waals surface area (Å²) in [5.41, 5.74) is 0. The number of rotatable bonds is 8. The monoisotopic (exact) mass is 258 g/mol. The predicted octanol–water partition coefficient (Wildman–Crippen LogP) is 0.522. The molecule has 0 radical (unpaired) electrons. The van der Waals surface area contributed by atoms with Crippen molar-refractivity contribution >= 4 is 18.0 Å². The summed E-state index contributed by atoms with van der Waals surface area (Å²) < 4.78 is 0. The van der Waals surface area contributed by atoms with E-state index in [9.17, 15) is 14.4 Å². The maximum absolute atomic E-state index is 11.7. The van der Waals surface area contributed by atoms with E-state index in [2.05, 4.69) is 11.9 Å². The second-order valence-corrected chi connectivity index (χ2v) is 3.67. The van der Waals surface area contributed by atoms with Crippen molar-refractivity contribution < 1.29 is 24.6 Å². The van der Waals surface area contributed by atoms with E-state index in [1.165, 1.54) is 11.0 Å². The van der Waals surface area contributed by atoms with Gasteiger partial charge in [-0.3, -0.25) is 4.79 Å². The molecule has 18 heavy (non-hydrogen) atoms. The molecule has 0 saturated carbocycles. The molecule has 3 N–H and O–H groups in total. The molecule has 0 aliphatic heterocycles. The Bertz CT molecular complexity index is 329. The maximum Gasteiger partial charge on any atom is 0.326 e.